The Morgan fingerprint density at radius 2 is 0.833 bits per heavy atom. The van der Waals surface area contributed by atoms with Crippen molar-refractivity contribution >= 4 is 23.6 Å². The van der Waals surface area contributed by atoms with Gasteiger partial charge in [0, 0.05) is 53.4 Å². The van der Waals surface area contributed by atoms with E-state index in [4.69, 9.17) is 0 Å². The highest BCUT2D eigenvalue weighted by Gasteiger charge is 2.35. The Kier molecular flexibility index (Phi) is 9.42. The lowest BCUT2D eigenvalue weighted by molar-refractivity contribution is -0.162. The highest BCUT2D eigenvalue weighted by molar-refractivity contribution is 6.00. The van der Waals surface area contributed by atoms with Gasteiger partial charge in [-0.3, -0.25) is 38.8 Å². The Bertz CT molecular complexity index is 712. The Labute approximate surface area is 214 Å². The van der Waals surface area contributed by atoms with Gasteiger partial charge in [-0.2, -0.15) is 0 Å². The van der Waals surface area contributed by atoms with Crippen molar-refractivity contribution in [2.75, 3.05) is 92.9 Å². The topological polar surface area (TPSA) is 94.2 Å². The number of imide groups is 2. The number of piperazine rings is 2. The SMILES string of the molecule is CN(CN1C(=O)CN(CCN2CC(=O)N(CN(C)N3CCCCC3)C(=O)C2)CC1=O)N1CCCCC1. The molecule has 36 heavy (non-hydrogen) atoms. The van der Waals surface area contributed by atoms with E-state index >= 15 is 0 Å². The van der Waals surface area contributed by atoms with Gasteiger partial charge in [-0.05, 0) is 25.7 Å². The average Bonchev–Trinajstić information content (AvgIpc) is 2.88. The number of hydrogen-bond acceptors (Lipinski definition) is 10. The first kappa shape index (κ1) is 27.1. The van der Waals surface area contributed by atoms with Gasteiger partial charge in [-0.15, -0.1) is 0 Å². The zero-order chi connectivity index (χ0) is 25.7. The molecule has 0 spiro atoms. The molecule has 202 valence electrons. The van der Waals surface area contributed by atoms with Crippen molar-refractivity contribution < 1.29 is 19.2 Å². The van der Waals surface area contributed by atoms with Crippen molar-refractivity contribution in [2.24, 2.45) is 0 Å². The first-order valence-electron chi connectivity index (χ1n) is 13.3. The molecule has 12 nitrogen and oxygen atoms in total. The lowest BCUT2D eigenvalue weighted by atomic mass is 10.2. The number of carbonyl (C=O) groups is 4. The second-order valence-corrected chi connectivity index (χ2v) is 10.5. The number of piperidine rings is 2. The second-order valence-electron chi connectivity index (χ2n) is 10.5. The first-order chi connectivity index (χ1) is 17.3. The van der Waals surface area contributed by atoms with Crippen LogP contribution >= 0.6 is 0 Å². The van der Waals surface area contributed by atoms with E-state index in [1.165, 1.54) is 22.6 Å². The lowest BCUT2D eigenvalue weighted by Crippen LogP contribution is -2.61. The zero-order valence-corrected chi connectivity index (χ0v) is 21.9. The summed E-state index contributed by atoms with van der Waals surface area (Å²) in [6, 6.07) is 0. The van der Waals surface area contributed by atoms with Crippen molar-refractivity contribution in [3.8, 4) is 0 Å². The van der Waals surface area contributed by atoms with Crippen LogP contribution in [0.5, 0.6) is 0 Å². The van der Waals surface area contributed by atoms with Crippen LogP contribution in [0.1, 0.15) is 38.5 Å². The van der Waals surface area contributed by atoms with E-state index in [-0.39, 0.29) is 63.1 Å². The Morgan fingerprint density at radius 3 is 1.14 bits per heavy atom. The van der Waals surface area contributed by atoms with Gasteiger partial charge < -0.3 is 0 Å². The number of hydrogen-bond donors (Lipinski definition) is 0. The van der Waals surface area contributed by atoms with Crippen LogP contribution in [0.3, 0.4) is 0 Å². The van der Waals surface area contributed by atoms with Gasteiger partial charge in [0.25, 0.3) is 0 Å². The van der Waals surface area contributed by atoms with Crippen LogP contribution in [0, 0.1) is 0 Å². The summed E-state index contributed by atoms with van der Waals surface area (Å²) >= 11 is 0. The van der Waals surface area contributed by atoms with Crippen molar-refractivity contribution in [3.05, 3.63) is 0 Å². The van der Waals surface area contributed by atoms with Gasteiger partial charge in [0.2, 0.25) is 23.6 Å². The fourth-order valence-corrected chi connectivity index (χ4v) is 5.44. The van der Waals surface area contributed by atoms with Gasteiger partial charge in [0.05, 0.1) is 39.5 Å². The molecular formula is C24H42N8O4. The van der Waals surface area contributed by atoms with Gasteiger partial charge in [0.15, 0.2) is 0 Å². The molecule has 0 radical (unpaired) electrons. The predicted octanol–water partition coefficient (Wildman–Crippen LogP) is -1.09. The predicted molar refractivity (Wildman–Crippen MR) is 133 cm³/mol. The molecule has 0 atom stereocenters. The summed E-state index contributed by atoms with van der Waals surface area (Å²) in [5.74, 6) is -0.804. The monoisotopic (exact) mass is 506 g/mol. The molecule has 4 aliphatic rings. The molecule has 0 N–H and O–H groups in total. The van der Waals surface area contributed by atoms with Gasteiger partial charge in [-0.1, -0.05) is 12.8 Å². The summed E-state index contributed by atoms with van der Waals surface area (Å²) in [4.78, 5) is 57.3. The Morgan fingerprint density at radius 1 is 0.528 bits per heavy atom. The maximum Gasteiger partial charge on any atom is 0.244 e. The average molecular weight is 507 g/mol. The van der Waals surface area contributed by atoms with Crippen molar-refractivity contribution in [1.29, 1.82) is 0 Å². The minimum absolute atomic E-state index is 0.169. The molecule has 4 amide bonds. The molecule has 4 heterocycles. The molecule has 4 fully saturated rings. The largest absolute Gasteiger partial charge is 0.284 e. The fraction of sp³-hybridized carbons (Fsp3) is 0.833. The summed E-state index contributed by atoms with van der Waals surface area (Å²) in [6.07, 6.45) is 6.98. The summed E-state index contributed by atoms with van der Waals surface area (Å²) in [5, 5.41) is 8.36. The molecule has 4 aliphatic heterocycles. The molecule has 0 saturated carbocycles. The Hall–Kier alpha value is -1.96. The minimum Gasteiger partial charge on any atom is -0.284 e. The third kappa shape index (κ3) is 6.87. The van der Waals surface area contributed by atoms with E-state index in [1.54, 1.807) is 0 Å². The van der Waals surface area contributed by atoms with Gasteiger partial charge >= 0.3 is 0 Å². The summed E-state index contributed by atoms with van der Waals surface area (Å²) in [7, 11) is 3.85. The molecule has 0 aliphatic carbocycles. The van der Waals surface area contributed by atoms with Crippen LogP contribution in [-0.2, 0) is 19.2 Å². The number of amides is 4. The second kappa shape index (κ2) is 12.5. The zero-order valence-electron chi connectivity index (χ0n) is 21.9. The third-order valence-electron chi connectivity index (χ3n) is 7.69. The molecule has 12 heteroatoms. The van der Waals surface area contributed by atoms with E-state index in [0.29, 0.717) is 13.1 Å². The summed E-state index contributed by atoms with van der Waals surface area (Å²) in [6.45, 7) is 5.98. The third-order valence-corrected chi connectivity index (χ3v) is 7.69. The van der Waals surface area contributed by atoms with E-state index in [1.807, 2.05) is 33.9 Å². The van der Waals surface area contributed by atoms with Crippen LogP contribution in [0.4, 0.5) is 0 Å². The molecular weight excluding hydrogens is 464 g/mol. The van der Waals surface area contributed by atoms with Crippen molar-refractivity contribution in [3.63, 3.8) is 0 Å². The molecule has 0 aromatic heterocycles. The summed E-state index contributed by atoms with van der Waals surface area (Å²) in [5.41, 5.74) is 0. The number of nitrogens with zero attached hydrogens (tertiary/aromatic N) is 8. The number of rotatable bonds is 9. The minimum atomic E-state index is -0.201. The highest BCUT2D eigenvalue weighted by Crippen LogP contribution is 2.15. The molecule has 4 saturated heterocycles. The Balaban J connectivity index is 1.20. The number of carbonyl (C=O) groups excluding carboxylic acids is 4. The van der Waals surface area contributed by atoms with Crippen LogP contribution in [0.15, 0.2) is 0 Å². The first-order valence-corrected chi connectivity index (χ1v) is 13.3. The van der Waals surface area contributed by atoms with Crippen LogP contribution in [0.25, 0.3) is 0 Å². The molecule has 0 unspecified atom stereocenters. The highest BCUT2D eigenvalue weighted by atomic mass is 16.2. The standard InChI is InChI=1S/C24H42N8O4/c1-25(29-9-5-3-6-10-29)19-31-21(33)15-27(16-22(31)34)13-14-28-17-23(35)32(24(36)18-28)20-26(2)30-11-7-4-8-12-30/h3-20H2,1-2H3. The maximum atomic E-state index is 12.7. The lowest BCUT2D eigenvalue weighted by Gasteiger charge is -2.41. The van der Waals surface area contributed by atoms with Gasteiger partial charge in [0.1, 0.15) is 0 Å². The van der Waals surface area contributed by atoms with E-state index in [2.05, 4.69) is 10.0 Å². The van der Waals surface area contributed by atoms with E-state index in [0.717, 1.165) is 51.9 Å². The van der Waals surface area contributed by atoms with E-state index in [9.17, 15) is 19.2 Å². The number of hydrazine groups is 2. The molecule has 0 aromatic carbocycles. The molecule has 0 bridgehead atoms. The van der Waals surface area contributed by atoms with Crippen molar-refractivity contribution in [2.45, 2.75) is 38.5 Å². The fourth-order valence-electron chi connectivity index (χ4n) is 5.44. The van der Waals surface area contributed by atoms with Crippen LogP contribution in [0.2, 0.25) is 0 Å². The molecule has 4 rings (SSSR count). The quantitative estimate of drug-likeness (QED) is 0.359. The van der Waals surface area contributed by atoms with Crippen LogP contribution in [-0.4, -0.2) is 156 Å². The van der Waals surface area contributed by atoms with Crippen molar-refractivity contribution in [1.82, 2.24) is 39.6 Å². The van der Waals surface area contributed by atoms with Crippen LogP contribution < -0.4 is 0 Å². The van der Waals surface area contributed by atoms with E-state index < -0.39 is 0 Å². The summed E-state index contributed by atoms with van der Waals surface area (Å²) < 4.78 is 0. The smallest absolute Gasteiger partial charge is 0.244 e. The normalized spacial score (nSPS) is 24.6. The maximum absolute atomic E-state index is 12.7. The van der Waals surface area contributed by atoms with Gasteiger partial charge in [-0.25, -0.2) is 20.0 Å². The molecule has 0 aromatic rings.